The van der Waals surface area contributed by atoms with Gasteiger partial charge in [-0.25, -0.2) is 8.78 Å². The van der Waals surface area contributed by atoms with Gasteiger partial charge in [-0.05, 0) is 26.1 Å². The van der Waals surface area contributed by atoms with Crippen LogP contribution in [0.3, 0.4) is 0 Å². The average molecular weight is 272 g/mol. The second kappa shape index (κ2) is 7.53. The van der Waals surface area contributed by atoms with Crippen molar-refractivity contribution in [2.75, 3.05) is 33.8 Å². The molecule has 0 aromatic heterocycles. The highest BCUT2D eigenvalue weighted by atomic mass is 19.3. The van der Waals surface area contributed by atoms with Gasteiger partial charge in [0.25, 0.3) is 6.43 Å². The summed E-state index contributed by atoms with van der Waals surface area (Å²) in [5.74, 6) is 0. The fraction of sp³-hybridized carbons (Fsp3) is 0.571. The Kier molecular flexibility index (Phi) is 6.34. The molecule has 3 nitrogen and oxygen atoms in total. The van der Waals surface area contributed by atoms with Crippen LogP contribution in [0.5, 0.6) is 0 Å². The van der Waals surface area contributed by atoms with Crippen molar-refractivity contribution in [3.63, 3.8) is 0 Å². The number of benzene rings is 1. The van der Waals surface area contributed by atoms with E-state index in [0.29, 0.717) is 13.0 Å². The van der Waals surface area contributed by atoms with Crippen LogP contribution in [0.4, 0.5) is 8.78 Å². The van der Waals surface area contributed by atoms with Gasteiger partial charge in [-0.1, -0.05) is 30.3 Å². The van der Waals surface area contributed by atoms with Crippen molar-refractivity contribution in [3.05, 3.63) is 35.9 Å². The minimum atomic E-state index is -2.33. The van der Waals surface area contributed by atoms with Gasteiger partial charge in [0.15, 0.2) is 0 Å². The Labute approximate surface area is 113 Å². The summed E-state index contributed by atoms with van der Waals surface area (Å²) in [5, 5.41) is 12.8. The monoisotopic (exact) mass is 272 g/mol. The number of alkyl halides is 2. The third-order valence-electron chi connectivity index (χ3n) is 3.44. The van der Waals surface area contributed by atoms with E-state index < -0.39 is 12.0 Å². The van der Waals surface area contributed by atoms with Crippen LogP contribution < -0.4 is 5.32 Å². The molecule has 0 amide bonds. The minimum absolute atomic E-state index is 0.0734. The summed E-state index contributed by atoms with van der Waals surface area (Å²) in [6.07, 6.45) is -1.77. The van der Waals surface area contributed by atoms with Crippen LogP contribution in [-0.4, -0.2) is 50.2 Å². The molecular weight excluding hydrogens is 250 g/mol. The van der Waals surface area contributed by atoms with Crippen LogP contribution in [0.2, 0.25) is 0 Å². The number of nitrogens with zero attached hydrogens (tertiary/aromatic N) is 1. The fourth-order valence-electron chi connectivity index (χ4n) is 2.13. The first kappa shape index (κ1) is 16.0. The van der Waals surface area contributed by atoms with Gasteiger partial charge in [-0.3, -0.25) is 0 Å². The van der Waals surface area contributed by atoms with Gasteiger partial charge in [-0.2, -0.15) is 0 Å². The average Bonchev–Trinajstić information content (AvgIpc) is 2.41. The molecule has 1 aromatic rings. The number of aliphatic hydroxyl groups excluding tert-OH is 1. The fourth-order valence-corrected chi connectivity index (χ4v) is 2.13. The summed E-state index contributed by atoms with van der Waals surface area (Å²) in [6.45, 7) is 0.163. The number of hydrogen-bond donors (Lipinski definition) is 2. The zero-order chi connectivity index (χ0) is 14.3. The Bertz CT molecular complexity index is 356. The summed E-state index contributed by atoms with van der Waals surface area (Å²) in [5.41, 5.74) is 0.378. The van der Waals surface area contributed by atoms with Crippen molar-refractivity contribution in [1.29, 1.82) is 0 Å². The number of rotatable bonds is 8. The molecule has 0 aliphatic carbocycles. The number of likely N-dealkylation sites (N-methyl/N-ethyl adjacent to an activating group) is 1. The van der Waals surface area contributed by atoms with Crippen LogP contribution in [0.15, 0.2) is 30.3 Å². The SMILES string of the molecule is CNC(CO)(CCN(C)CC(F)F)c1ccccc1. The third-order valence-corrected chi connectivity index (χ3v) is 3.44. The van der Waals surface area contributed by atoms with E-state index in [4.69, 9.17) is 0 Å². The first-order valence-electron chi connectivity index (χ1n) is 6.36. The lowest BCUT2D eigenvalue weighted by Gasteiger charge is -2.34. The van der Waals surface area contributed by atoms with Gasteiger partial charge >= 0.3 is 0 Å². The Morgan fingerprint density at radius 3 is 2.42 bits per heavy atom. The van der Waals surface area contributed by atoms with Crippen molar-refractivity contribution < 1.29 is 13.9 Å². The molecule has 1 unspecified atom stereocenters. The number of halogens is 2. The van der Waals surface area contributed by atoms with Gasteiger partial charge in [0.2, 0.25) is 0 Å². The highest BCUT2D eigenvalue weighted by Gasteiger charge is 2.29. The second-order valence-electron chi connectivity index (χ2n) is 4.76. The Morgan fingerprint density at radius 2 is 1.95 bits per heavy atom. The Balaban J connectivity index is 2.72. The zero-order valence-electron chi connectivity index (χ0n) is 11.4. The summed E-state index contributed by atoms with van der Waals surface area (Å²) in [6, 6.07) is 9.57. The van der Waals surface area contributed by atoms with Crippen molar-refractivity contribution >= 4 is 0 Å². The van der Waals surface area contributed by atoms with Gasteiger partial charge in [0.05, 0.1) is 18.7 Å². The molecule has 1 atom stereocenters. The van der Waals surface area contributed by atoms with Gasteiger partial charge in [0.1, 0.15) is 0 Å². The molecule has 0 aliphatic heterocycles. The molecule has 0 saturated carbocycles. The first-order valence-corrected chi connectivity index (χ1v) is 6.36. The lowest BCUT2D eigenvalue weighted by Crippen LogP contribution is -2.46. The van der Waals surface area contributed by atoms with Crippen LogP contribution in [0.1, 0.15) is 12.0 Å². The molecule has 0 aliphatic rings. The molecule has 2 N–H and O–H groups in total. The van der Waals surface area contributed by atoms with E-state index >= 15 is 0 Å². The maximum atomic E-state index is 12.3. The number of nitrogens with one attached hydrogen (secondary N) is 1. The van der Waals surface area contributed by atoms with E-state index in [9.17, 15) is 13.9 Å². The van der Waals surface area contributed by atoms with E-state index in [1.165, 1.54) is 0 Å². The topological polar surface area (TPSA) is 35.5 Å². The van der Waals surface area contributed by atoms with Crippen LogP contribution >= 0.6 is 0 Å². The Hall–Kier alpha value is -1.04. The summed E-state index contributed by atoms with van der Waals surface area (Å²) in [4.78, 5) is 1.58. The van der Waals surface area contributed by atoms with Crippen LogP contribution in [0, 0.1) is 0 Å². The molecule has 0 spiro atoms. The van der Waals surface area contributed by atoms with Gasteiger partial charge in [-0.15, -0.1) is 0 Å². The molecule has 5 heteroatoms. The molecule has 1 rings (SSSR count). The molecule has 0 heterocycles. The highest BCUT2D eigenvalue weighted by Crippen LogP contribution is 2.24. The number of hydrogen-bond acceptors (Lipinski definition) is 3. The summed E-state index contributed by atoms with van der Waals surface area (Å²) in [7, 11) is 3.44. The van der Waals surface area contributed by atoms with Crippen LogP contribution in [-0.2, 0) is 5.54 Å². The highest BCUT2D eigenvalue weighted by molar-refractivity contribution is 5.24. The lowest BCUT2D eigenvalue weighted by molar-refractivity contribution is 0.0879. The first-order chi connectivity index (χ1) is 9.04. The largest absolute Gasteiger partial charge is 0.394 e. The quantitative estimate of drug-likeness (QED) is 0.756. The van der Waals surface area contributed by atoms with Crippen molar-refractivity contribution in [1.82, 2.24) is 10.2 Å². The van der Waals surface area contributed by atoms with E-state index in [-0.39, 0.29) is 13.2 Å². The smallest absolute Gasteiger partial charge is 0.251 e. The normalized spacial score (nSPS) is 14.9. The number of aliphatic hydroxyl groups is 1. The van der Waals surface area contributed by atoms with E-state index in [2.05, 4.69) is 5.32 Å². The maximum absolute atomic E-state index is 12.3. The summed E-state index contributed by atoms with van der Waals surface area (Å²) < 4.78 is 24.6. The van der Waals surface area contributed by atoms with Crippen molar-refractivity contribution in [2.24, 2.45) is 0 Å². The van der Waals surface area contributed by atoms with Crippen molar-refractivity contribution in [2.45, 2.75) is 18.4 Å². The maximum Gasteiger partial charge on any atom is 0.251 e. The summed E-state index contributed by atoms with van der Waals surface area (Å²) >= 11 is 0. The van der Waals surface area contributed by atoms with E-state index in [1.807, 2.05) is 30.3 Å². The third kappa shape index (κ3) is 4.53. The molecule has 1 aromatic carbocycles. The molecule has 0 radical (unpaired) electrons. The lowest BCUT2D eigenvalue weighted by atomic mass is 9.87. The minimum Gasteiger partial charge on any atom is -0.394 e. The zero-order valence-corrected chi connectivity index (χ0v) is 11.4. The Morgan fingerprint density at radius 1 is 1.32 bits per heavy atom. The molecule has 0 bridgehead atoms. The van der Waals surface area contributed by atoms with Crippen LogP contribution in [0.25, 0.3) is 0 Å². The molecule has 0 saturated heterocycles. The van der Waals surface area contributed by atoms with Crippen molar-refractivity contribution in [3.8, 4) is 0 Å². The second-order valence-corrected chi connectivity index (χ2v) is 4.76. The van der Waals surface area contributed by atoms with E-state index in [1.54, 1.807) is 19.0 Å². The molecule has 19 heavy (non-hydrogen) atoms. The predicted octanol–water partition coefficient (Wildman–Crippen LogP) is 1.68. The van der Waals surface area contributed by atoms with Gasteiger partial charge < -0.3 is 15.3 Å². The molecule has 0 fully saturated rings. The standard InChI is InChI=1S/C14H22F2N2O/c1-17-14(11-19,12-6-4-3-5-7-12)8-9-18(2)10-13(15)16/h3-7,13,17,19H,8-11H2,1-2H3. The van der Waals surface area contributed by atoms with Gasteiger partial charge in [0, 0.05) is 6.54 Å². The molecular formula is C14H22F2N2O. The predicted molar refractivity (Wildman–Crippen MR) is 72.4 cm³/mol. The van der Waals surface area contributed by atoms with E-state index in [0.717, 1.165) is 5.56 Å². The molecule has 108 valence electrons.